The fourth-order valence-electron chi connectivity index (χ4n) is 2.41. The molecular formula is C18H17NO2. The maximum Gasteiger partial charge on any atom is 0.123 e. The van der Waals surface area contributed by atoms with Gasteiger partial charge in [0.1, 0.15) is 12.4 Å². The van der Waals surface area contributed by atoms with E-state index in [4.69, 9.17) is 9.84 Å². The van der Waals surface area contributed by atoms with Gasteiger partial charge in [0.2, 0.25) is 0 Å². The number of ether oxygens (including phenoxy) is 1. The SMILES string of the molecule is OCCc1ccccc1OCc1cccc2cccnc12. The minimum absolute atomic E-state index is 0.121. The number of rotatable bonds is 5. The Bertz CT molecular complexity index is 735. The van der Waals surface area contributed by atoms with Crippen LogP contribution < -0.4 is 4.74 Å². The van der Waals surface area contributed by atoms with Crippen LogP contribution in [0.1, 0.15) is 11.1 Å². The van der Waals surface area contributed by atoms with Crippen LogP contribution in [0.5, 0.6) is 5.75 Å². The molecule has 3 rings (SSSR count). The summed E-state index contributed by atoms with van der Waals surface area (Å²) in [5.74, 6) is 0.819. The monoisotopic (exact) mass is 279 g/mol. The molecule has 0 radical (unpaired) electrons. The van der Waals surface area contributed by atoms with Gasteiger partial charge >= 0.3 is 0 Å². The average Bonchev–Trinajstić information content (AvgIpc) is 2.54. The summed E-state index contributed by atoms with van der Waals surface area (Å²) in [6.07, 6.45) is 2.40. The van der Waals surface area contributed by atoms with Gasteiger partial charge in [-0.1, -0.05) is 42.5 Å². The van der Waals surface area contributed by atoms with Crippen molar-refractivity contribution in [1.29, 1.82) is 0 Å². The van der Waals surface area contributed by atoms with E-state index in [-0.39, 0.29) is 6.61 Å². The summed E-state index contributed by atoms with van der Waals surface area (Å²) in [6, 6.07) is 17.9. The first-order valence-electron chi connectivity index (χ1n) is 7.02. The Kier molecular flexibility index (Phi) is 4.12. The van der Waals surface area contributed by atoms with Gasteiger partial charge in [0.25, 0.3) is 0 Å². The third kappa shape index (κ3) is 3.03. The van der Waals surface area contributed by atoms with Crippen LogP contribution in [-0.4, -0.2) is 16.7 Å². The Labute approximate surface area is 123 Å². The van der Waals surface area contributed by atoms with E-state index in [0.717, 1.165) is 27.8 Å². The Morgan fingerprint density at radius 2 is 1.71 bits per heavy atom. The summed E-state index contributed by atoms with van der Waals surface area (Å²) in [5.41, 5.74) is 3.06. The number of hydrogen-bond donors (Lipinski definition) is 1. The van der Waals surface area contributed by atoms with Gasteiger partial charge in [0, 0.05) is 23.8 Å². The van der Waals surface area contributed by atoms with Crippen LogP contribution in [0, 0.1) is 0 Å². The molecule has 0 aliphatic carbocycles. The van der Waals surface area contributed by atoms with E-state index in [9.17, 15) is 0 Å². The summed E-state index contributed by atoms with van der Waals surface area (Å²) < 4.78 is 5.93. The molecule has 0 spiro atoms. The molecular weight excluding hydrogens is 262 g/mol. The van der Waals surface area contributed by atoms with Crippen molar-refractivity contribution in [2.45, 2.75) is 13.0 Å². The number of fused-ring (bicyclic) bond motifs is 1. The molecule has 0 unspecified atom stereocenters. The van der Waals surface area contributed by atoms with E-state index in [2.05, 4.69) is 4.98 Å². The molecule has 0 fully saturated rings. The molecule has 3 aromatic rings. The highest BCUT2D eigenvalue weighted by molar-refractivity contribution is 5.81. The Morgan fingerprint density at radius 3 is 2.62 bits per heavy atom. The summed E-state index contributed by atoms with van der Waals surface area (Å²) >= 11 is 0. The van der Waals surface area contributed by atoms with Crippen LogP contribution in [0.3, 0.4) is 0 Å². The number of aliphatic hydroxyl groups is 1. The van der Waals surface area contributed by atoms with Gasteiger partial charge in [0.15, 0.2) is 0 Å². The van der Waals surface area contributed by atoms with Gasteiger partial charge in [-0.05, 0) is 24.1 Å². The second-order valence-corrected chi connectivity index (χ2v) is 4.86. The third-order valence-corrected chi connectivity index (χ3v) is 3.45. The lowest BCUT2D eigenvalue weighted by Crippen LogP contribution is -2.01. The number of para-hydroxylation sites is 2. The van der Waals surface area contributed by atoms with Gasteiger partial charge < -0.3 is 9.84 Å². The van der Waals surface area contributed by atoms with Gasteiger partial charge in [-0.3, -0.25) is 4.98 Å². The molecule has 0 amide bonds. The van der Waals surface area contributed by atoms with Crippen molar-refractivity contribution in [1.82, 2.24) is 4.98 Å². The lowest BCUT2D eigenvalue weighted by molar-refractivity contribution is 0.284. The number of aliphatic hydroxyl groups excluding tert-OH is 1. The number of pyridine rings is 1. The normalized spacial score (nSPS) is 10.7. The van der Waals surface area contributed by atoms with Crippen molar-refractivity contribution in [3.05, 3.63) is 71.9 Å². The molecule has 1 heterocycles. The Morgan fingerprint density at radius 1 is 0.905 bits per heavy atom. The standard InChI is InChI=1S/C18H17NO2/c20-12-10-14-5-1-2-9-17(14)21-13-16-7-3-6-15-8-4-11-19-18(15)16/h1-9,11,20H,10,12-13H2. The molecule has 106 valence electrons. The van der Waals surface area contributed by atoms with Crippen molar-refractivity contribution in [3.8, 4) is 5.75 Å². The van der Waals surface area contributed by atoms with Gasteiger partial charge in [-0.25, -0.2) is 0 Å². The lowest BCUT2D eigenvalue weighted by Gasteiger charge is -2.11. The first-order chi connectivity index (χ1) is 10.4. The molecule has 0 bridgehead atoms. The van der Waals surface area contributed by atoms with Crippen LogP contribution in [0.15, 0.2) is 60.8 Å². The molecule has 0 aliphatic heterocycles. The van der Waals surface area contributed by atoms with Crippen LogP contribution in [-0.2, 0) is 13.0 Å². The predicted molar refractivity (Wildman–Crippen MR) is 83.3 cm³/mol. The highest BCUT2D eigenvalue weighted by Crippen LogP contribution is 2.22. The van der Waals surface area contributed by atoms with Crippen LogP contribution in [0.25, 0.3) is 10.9 Å². The molecule has 1 aromatic heterocycles. The molecule has 0 aliphatic rings. The molecule has 2 aromatic carbocycles. The Balaban J connectivity index is 1.84. The summed E-state index contributed by atoms with van der Waals surface area (Å²) in [5, 5.41) is 10.2. The summed E-state index contributed by atoms with van der Waals surface area (Å²) in [4.78, 5) is 4.43. The van der Waals surface area contributed by atoms with E-state index in [1.54, 1.807) is 6.20 Å². The van der Waals surface area contributed by atoms with Gasteiger partial charge in [-0.2, -0.15) is 0 Å². The molecule has 3 heteroatoms. The summed E-state index contributed by atoms with van der Waals surface area (Å²) in [6.45, 7) is 0.590. The Hall–Kier alpha value is -2.39. The summed E-state index contributed by atoms with van der Waals surface area (Å²) in [7, 11) is 0. The zero-order valence-electron chi connectivity index (χ0n) is 11.7. The van der Waals surface area contributed by atoms with Crippen molar-refractivity contribution in [3.63, 3.8) is 0 Å². The van der Waals surface area contributed by atoms with Crippen molar-refractivity contribution in [2.24, 2.45) is 0 Å². The first kappa shape index (κ1) is 13.6. The van der Waals surface area contributed by atoms with Crippen LogP contribution in [0.2, 0.25) is 0 Å². The molecule has 1 N–H and O–H groups in total. The zero-order valence-corrected chi connectivity index (χ0v) is 11.7. The highest BCUT2D eigenvalue weighted by atomic mass is 16.5. The molecule has 0 atom stereocenters. The number of nitrogens with zero attached hydrogens (tertiary/aromatic N) is 1. The van der Waals surface area contributed by atoms with E-state index < -0.39 is 0 Å². The zero-order chi connectivity index (χ0) is 14.5. The lowest BCUT2D eigenvalue weighted by atomic mass is 10.1. The average molecular weight is 279 g/mol. The topological polar surface area (TPSA) is 42.4 Å². The second-order valence-electron chi connectivity index (χ2n) is 4.86. The quantitative estimate of drug-likeness (QED) is 0.779. The van der Waals surface area contributed by atoms with Gasteiger partial charge in [-0.15, -0.1) is 0 Å². The number of aromatic nitrogens is 1. The van der Waals surface area contributed by atoms with E-state index >= 15 is 0 Å². The van der Waals surface area contributed by atoms with Crippen LogP contribution >= 0.6 is 0 Å². The molecule has 3 nitrogen and oxygen atoms in total. The molecule has 21 heavy (non-hydrogen) atoms. The predicted octanol–water partition coefficient (Wildman–Crippen LogP) is 3.35. The van der Waals surface area contributed by atoms with Gasteiger partial charge in [0.05, 0.1) is 5.52 Å². The van der Waals surface area contributed by atoms with Crippen molar-refractivity contribution < 1.29 is 9.84 Å². The highest BCUT2D eigenvalue weighted by Gasteiger charge is 2.05. The maximum atomic E-state index is 9.11. The van der Waals surface area contributed by atoms with Crippen LogP contribution in [0.4, 0.5) is 0 Å². The molecule has 0 saturated heterocycles. The smallest absolute Gasteiger partial charge is 0.123 e. The number of hydrogen-bond acceptors (Lipinski definition) is 3. The minimum Gasteiger partial charge on any atom is -0.489 e. The van der Waals surface area contributed by atoms with E-state index in [1.807, 2.05) is 54.6 Å². The van der Waals surface area contributed by atoms with E-state index in [1.165, 1.54) is 0 Å². The second kappa shape index (κ2) is 6.37. The van der Waals surface area contributed by atoms with Crippen molar-refractivity contribution >= 4 is 10.9 Å². The maximum absolute atomic E-state index is 9.11. The number of benzene rings is 2. The minimum atomic E-state index is 0.121. The van der Waals surface area contributed by atoms with Crippen molar-refractivity contribution in [2.75, 3.05) is 6.61 Å². The molecule has 0 saturated carbocycles. The van der Waals surface area contributed by atoms with E-state index in [0.29, 0.717) is 13.0 Å². The first-order valence-corrected chi connectivity index (χ1v) is 7.02. The third-order valence-electron chi connectivity index (χ3n) is 3.45. The fourth-order valence-corrected chi connectivity index (χ4v) is 2.41. The largest absolute Gasteiger partial charge is 0.489 e. The fraction of sp³-hybridized carbons (Fsp3) is 0.167.